The summed E-state index contributed by atoms with van der Waals surface area (Å²) in [5.41, 5.74) is -0.0126. The number of unbranched alkanes of at least 4 members (excludes halogenated alkanes) is 1. The van der Waals surface area contributed by atoms with Gasteiger partial charge in [0, 0.05) is 12.3 Å². The molecule has 4 nitrogen and oxygen atoms in total. The summed E-state index contributed by atoms with van der Waals surface area (Å²) in [6, 6.07) is 7.50. The molecule has 1 atom stereocenters. The lowest BCUT2D eigenvalue weighted by Crippen LogP contribution is -2.43. The van der Waals surface area contributed by atoms with Crippen LogP contribution in [0.3, 0.4) is 0 Å². The second-order valence-corrected chi connectivity index (χ2v) is 6.01. The first-order chi connectivity index (χ1) is 11.1. The first kappa shape index (κ1) is 19.5. The highest BCUT2D eigenvalue weighted by molar-refractivity contribution is 5.97. The maximum absolute atomic E-state index is 12.6. The van der Waals surface area contributed by atoms with Gasteiger partial charge in [-0.15, -0.1) is 0 Å². The molecule has 130 valence electrons. The summed E-state index contributed by atoms with van der Waals surface area (Å²) in [6.45, 7) is 9.42. The number of benzene rings is 1. The lowest BCUT2D eigenvalue weighted by molar-refractivity contribution is -0.140. The van der Waals surface area contributed by atoms with Gasteiger partial charge in [-0.2, -0.15) is 0 Å². The molecule has 0 aliphatic rings. The number of hydrogen-bond acceptors (Lipinski definition) is 3. The molecule has 0 radical (unpaired) electrons. The fourth-order valence-electron chi connectivity index (χ4n) is 2.29. The van der Waals surface area contributed by atoms with E-state index in [0.717, 1.165) is 43.7 Å². The molecule has 0 heterocycles. The van der Waals surface area contributed by atoms with Gasteiger partial charge in [-0.05, 0) is 50.5 Å². The van der Waals surface area contributed by atoms with Crippen molar-refractivity contribution in [2.75, 3.05) is 18.5 Å². The van der Waals surface area contributed by atoms with Gasteiger partial charge >= 0.3 is 0 Å². The predicted molar refractivity (Wildman–Crippen MR) is 95.0 cm³/mol. The molecule has 0 bridgehead atoms. The standard InChI is InChI=1S/C19H31NO3/c1-5-8-15-22-17-11-9-16(10-12-17)20-18(21)19(4,13-6-2)23-14-7-3/h9-12H,5-8,13-15H2,1-4H3,(H,20,21)/t19-/m1/s1. The third-order valence-electron chi connectivity index (χ3n) is 3.71. The monoisotopic (exact) mass is 321 g/mol. The quantitative estimate of drug-likeness (QED) is 0.596. The zero-order valence-corrected chi connectivity index (χ0v) is 15.0. The SMILES string of the molecule is CCCCOc1ccc(NC(=O)[C@@](C)(CCC)OCCC)cc1. The normalized spacial score (nSPS) is 13.4. The molecule has 0 unspecified atom stereocenters. The van der Waals surface area contributed by atoms with E-state index in [-0.39, 0.29) is 5.91 Å². The topological polar surface area (TPSA) is 47.6 Å². The largest absolute Gasteiger partial charge is 0.494 e. The van der Waals surface area contributed by atoms with Crippen LogP contribution >= 0.6 is 0 Å². The molecule has 0 saturated carbocycles. The highest BCUT2D eigenvalue weighted by Crippen LogP contribution is 2.22. The van der Waals surface area contributed by atoms with Crippen molar-refractivity contribution in [3.63, 3.8) is 0 Å². The predicted octanol–water partition coefficient (Wildman–Crippen LogP) is 4.79. The number of nitrogens with one attached hydrogen (secondary N) is 1. The van der Waals surface area contributed by atoms with E-state index in [2.05, 4.69) is 19.2 Å². The Morgan fingerprint density at radius 2 is 1.74 bits per heavy atom. The lowest BCUT2D eigenvalue weighted by Gasteiger charge is -2.28. The van der Waals surface area contributed by atoms with Gasteiger partial charge in [-0.25, -0.2) is 0 Å². The van der Waals surface area contributed by atoms with Crippen molar-refractivity contribution in [1.29, 1.82) is 0 Å². The van der Waals surface area contributed by atoms with E-state index >= 15 is 0 Å². The van der Waals surface area contributed by atoms with Crippen LogP contribution in [0, 0.1) is 0 Å². The molecule has 0 aliphatic heterocycles. The van der Waals surface area contributed by atoms with Gasteiger partial charge in [-0.1, -0.05) is 33.6 Å². The molecule has 1 amide bonds. The van der Waals surface area contributed by atoms with Crippen LogP contribution in [-0.2, 0) is 9.53 Å². The summed E-state index contributed by atoms with van der Waals surface area (Å²) in [5, 5.41) is 2.95. The van der Waals surface area contributed by atoms with Gasteiger partial charge < -0.3 is 14.8 Å². The van der Waals surface area contributed by atoms with Crippen LogP contribution in [0.25, 0.3) is 0 Å². The molecule has 0 spiro atoms. The molecule has 1 N–H and O–H groups in total. The third kappa shape index (κ3) is 6.61. The Hall–Kier alpha value is -1.55. The molecule has 1 aromatic rings. The fourth-order valence-corrected chi connectivity index (χ4v) is 2.29. The Labute approximate surface area is 140 Å². The highest BCUT2D eigenvalue weighted by Gasteiger charge is 2.33. The van der Waals surface area contributed by atoms with E-state index < -0.39 is 5.60 Å². The summed E-state index contributed by atoms with van der Waals surface area (Å²) in [4.78, 5) is 12.6. The second kappa shape index (κ2) is 10.3. The van der Waals surface area contributed by atoms with Crippen molar-refractivity contribution in [2.45, 2.75) is 65.4 Å². The van der Waals surface area contributed by atoms with E-state index in [1.165, 1.54) is 0 Å². The fraction of sp³-hybridized carbons (Fsp3) is 0.632. The van der Waals surface area contributed by atoms with Crippen LogP contribution in [0.15, 0.2) is 24.3 Å². The summed E-state index contributed by atoms with van der Waals surface area (Å²) >= 11 is 0. The highest BCUT2D eigenvalue weighted by atomic mass is 16.5. The molecule has 0 aliphatic carbocycles. The molecule has 4 heteroatoms. The maximum Gasteiger partial charge on any atom is 0.256 e. The number of ether oxygens (including phenoxy) is 2. The number of anilines is 1. The van der Waals surface area contributed by atoms with Crippen molar-refractivity contribution < 1.29 is 14.3 Å². The van der Waals surface area contributed by atoms with Crippen LogP contribution in [0.4, 0.5) is 5.69 Å². The number of rotatable bonds is 11. The van der Waals surface area contributed by atoms with Gasteiger partial charge in [0.25, 0.3) is 5.91 Å². The van der Waals surface area contributed by atoms with Crippen LogP contribution in [-0.4, -0.2) is 24.7 Å². The smallest absolute Gasteiger partial charge is 0.256 e. The average molecular weight is 321 g/mol. The van der Waals surface area contributed by atoms with E-state index in [4.69, 9.17) is 9.47 Å². The van der Waals surface area contributed by atoms with E-state index in [1.54, 1.807) is 0 Å². The molecule has 1 rings (SSSR count). The lowest BCUT2D eigenvalue weighted by atomic mass is 9.99. The molecular weight excluding hydrogens is 290 g/mol. The Morgan fingerprint density at radius 1 is 1.04 bits per heavy atom. The van der Waals surface area contributed by atoms with Crippen LogP contribution in [0.5, 0.6) is 5.75 Å². The first-order valence-corrected chi connectivity index (χ1v) is 8.74. The number of hydrogen-bond donors (Lipinski definition) is 1. The van der Waals surface area contributed by atoms with Crippen molar-refractivity contribution in [3.05, 3.63) is 24.3 Å². The van der Waals surface area contributed by atoms with Crippen molar-refractivity contribution in [1.82, 2.24) is 0 Å². The Morgan fingerprint density at radius 3 is 2.30 bits per heavy atom. The number of carbonyl (C=O) groups is 1. The minimum atomic E-state index is -0.777. The van der Waals surface area contributed by atoms with Crippen LogP contribution in [0.2, 0.25) is 0 Å². The molecule has 23 heavy (non-hydrogen) atoms. The minimum Gasteiger partial charge on any atom is -0.494 e. The van der Waals surface area contributed by atoms with Crippen molar-refractivity contribution in [2.24, 2.45) is 0 Å². The van der Waals surface area contributed by atoms with Gasteiger partial charge in [0.1, 0.15) is 11.4 Å². The molecule has 0 fully saturated rings. The summed E-state index contributed by atoms with van der Waals surface area (Å²) in [5.74, 6) is 0.738. The number of amides is 1. The molecule has 0 saturated heterocycles. The van der Waals surface area contributed by atoms with Gasteiger partial charge in [0.05, 0.1) is 6.61 Å². The Balaban J connectivity index is 2.63. The van der Waals surface area contributed by atoms with Crippen molar-refractivity contribution in [3.8, 4) is 5.75 Å². The van der Waals surface area contributed by atoms with Crippen LogP contribution < -0.4 is 10.1 Å². The Kier molecular flexibility index (Phi) is 8.70. The average Bonchev–Trinajstić information content (AvgIpc) is 2.55. The Bertz CT molecular complexity index is 458. The first-order valence-electron chi connectivity index (χ1n) is 8.74. The zero-order chi connectivity index (χ0) is 17.1. The van der Waals surface area contributed by atoms with Crippen LogP contribution in [0.1, 0.15) is 59.8 Å². The van der Waals surface area contributed by atoms with Gasteiger partial charge in [0.15, 0.2) is 0 Å². The molecular formula is C19H31NO3. The molecule has 0 aromatic heterocycles. The zero-order valence-electron chi connectivity index (χ0n) is 15.0. The summed E-state index contributed by atoms with van der Waals surface area (Å²) < 4.78 is 11.4. The molecule has 1 aromatic carbocycles. The van der Waals surface area contributed by atoms with E-state index in [1.807, 2.05) is 38.1 Å². The summed E-state index contributed by atoms with van der Waals surface area (Å²) in [6.07, 6.45) is 4.66. The van der Waals surface area contributed by atoms with E-state index in [9.17, 15) is 4.79 Å². The van der Waals surface area contributed by atoms with Gasteiger partial charge in [0.2, 0.25) is 0 Å². The number of carbonyl (C=O) groups excluding carboxylic acids is 1. The summed E-state index contributed by atoms with van der Waals surface area (Å²) in [7, 11) is 0. The maximum atomic E-state index is 12.6. The third-order valence-corrected chi connectivity index (χ3v) is 3.71. The van der Waals surface area contributed by atoms with E-state index in [0.29, 0.717) is 13.0 Å². The second-order valence-electron chi connectivity index (χ2n) is 6.01. The van der Waals surface area contributed by atoms with Gasteiger partial charge in [-0.3, -0.25) is 4.79 Å². The minimum absolute atomic E-state index is 0.0903. The van der Waals surface area contributed by atoms with Crippen molar-refractivity contribution >= 4 is 11.6 Å².